The highest BCUT2D eigenvalue weighted by Crippen LogP contribution is 2.49. The molecule has 0 spiro atoms. The van der Waals surface area contributed by atoms with Crippen LogP contribution in [-0.4, -0.2) is 55.3 Å². The summed E-state index contributed by atoms with van der Waals surface area (Å²) in [7, 11) is 3.77. The Kier molecular flexibility index (Phi) is 7.37. The van der Waals surface area contributed by atoms with Crippen molar-refractivity contribution in [3.05, 3.63) is 119 Å². The lowest BCUT2D eigenvalue weighted by Crippen LogP contribution is -2.45. The first-order valence-electron chi connectivity index (χ1n) is 13.3. The topological polar surface area (TPSA) is 64.0 Å². The van der Waals surface area contributed by atoms with Gasteiger partial charge >= 0.3 is 0 Å². The lowest BCUT2D eigenvalue weighted by Gasteiger charge is -2.37. The van der Waals surface area contributed by atoms with Crippen molar-refractivity contribution in [3.8, 4) is 6.07 Å². The van der Waals surface area contributed by atoms with Gasteiger partial charge in [0, 0.05) is 20.3 Å². The summed E-state index contributed by atoms with van der Waals surface area (Å²) in [5.74, 6) is -0.826. The first-order valence-corrected chi connectivity index (χ1v) is 13.3. The molecule has 6 nitrogen and oxygen atoms in total. The number of benzene rings is 3. The predicted molar refractivity (Wildman–Crippen MR) is 150 cm³/mol. The Morgan fingerprint density at radius 1 is 0.897 bits per heavy atom. The number of nitriles is 1. The van der Waals surface area contributed by atoms with Crippen molar-refractivity contribution in [2.45, 2.75) is 56.1 Å². The van der Waals surface area contributed by atoms with E-state index in [0.717, 1.165) is 16.7 Å². The zero-order valence-corrected chi connectivity index (χ0v) is 23.2. The van der Waals surface area contributed by atoms with Crippen molar-refractivity contribution in [2.24, 2.45) is 0 Å². The van der Waals surface area contributed by atoms with Gasteiger partial charge in [0.15, 0.2) is 5.79 Å². The Hall–Kier alpha value is -3.47. The quantitative estimate of drug-likeness (QED) is 0.281. The minimum absolute atomic E-state index is 0.218. The van der Waals surface area contributed by atoms with Crippen molar-refractivity contribution < 1.29 is 18.9 Å². The fraction of sp³-hybridized carbons (Fsp3) is 0.364. The van der Waals surface area contributed by atoms with Gasteiger partial charge in [-0.05, 0) is 37.5 Å². The standard InChI is InChI=1S/C33H36N2O4/c1-31(2)38-30-28(37-29(32(30,3)39-31)24(21-34)22-35(4)5)23-36-33(25-15-9-6-10-16-25,26-17-11-7-12-18-26)27-19-13-8-14-20-27/h6-20,22,28-30H,23H2,1-5H3/b24-22+/t28-,29?,30-,32+/m1/s1. The lowest BCUT2D eigenvalue weighted by atomic mass is 9.80. The molecule has 0 saturated carbocycles. The minimum Gasteiger partial charge on any atom is -0.383 e. The number of nitrogens with zero attached hydrogens (tertiary/aromatic N) is 2. The Bertz CT molecular complexity index is 1240. The summed E-state index contributed by atoms with van der Waals surface area (Å²) in [5.41, 5.74) is 1.76. The molecular formula is C33H36N2O4. The molecule has 1 unspecified atom stereocenters. The number of hydrogen-bond donors (Lipinski definition) is 0. The molecule has 2 aliphatic heterocycles. The Balaban J connectivity index is 1.58. The largest absolute Gasteiger partial charge is 0.383 e. The van der Waals surface area contributed by atoms with E-state index in [0.29, 0.717) is 5.57 Å². The summed E-state index contributed by atoms with van der Waals surface area (Å²) in [5, 5.41) is 10.0. The molecule has 0 aromatic heterocycles. The maximum Gasteiger partial charge on any atom is 0.164 e. The molecule has 2 heterocycles. The summed E-state index contributed by atoms with van der Waals surface area (Å²) in [4.78, 5) is 1.84. The third kappa shape index (κ3) is 4.99. The van der Waals surface area contributed by atoms with Crippen LogP contribution in [0.3, 0.4) is 0 Å². The highest BCUT2D eigenvalue weighted by molar-refractivity contribution is 5.47. The molecule has 39 heavy (non-hydrogen) atoms. The second kappa shape index (κ2) is 10.6. The fourth-order valence-electron chi connectivity index (χ4n) is 5.98. The lowest BCUT2D eigenvalue weighted by molar-refractivity contribution is -0.203. The molecule has 4 atom stereocenters. The predicted octanol–water partition coefficient (Wildman–Crippen LogP) is 5.64. The number of ether oxygens (including phenoxy) is 4. The van der Waals surface area contributed by atoms with E-state index in [1.165, 1.54) is 0 Å². The highest BCUT2D eigenvalue weighted by Gasteiger charge is 2.64. The van der Waals surface area contributed by atoms with Gasteiger partial charge in [0.25, 0.3) is 0 Å². The van der Waals surface area contributed by atoms with Crippen LogP contribution in [0.5, 0.6) is 0 Å². The van der Waals surface area contributed by atoms with Crippen LogP contribution >= 0.6 is 0 Å². The Morgan fingerprint density at radius 2 is 1.38 bits per heavy atom. The molecule has 3 aromatic carbocycles. The second-order valence-electron chi connectivity index (χ2n) is 11.0. The molecule has 0 radical (unpaired) electrons. The summed E-state index contributed by atoms with van der Waals surface area (Å²) < 4.78 is 26.5. The van der Waals surface area contributed by atoms with Crippen molar-refractivity contribution in [1.29, 1.82) is 5.26 Å². The van der Waals surface area contributed by atoms with Crippen molar-refractivity contribution in [1.82, 2.24) is 4.90 Å². The average Bonchev–Trinajstić information content (AvgIpc) is 3.34. The molecule has 0 aliphatic carbocycles. The maximum atomic E-state index is 10.0. The number of rotatable bonds is 8. The smallest absolute Gasteiger partial charge is 0.164 e. The van der Waals surface area contributed by atoms with Crippen LogP contribution in [0.2, 0.25) is 0 Å². The number of hydrogen-bond acceptors (Lipinski definition) is 6. The van der Waals surface area contributed by atoms with Crippen LogP contribution in [0.1, 0.15) is 37.5 Å². The molecule has 2 fully saturated rings. The summed E-state index contributed by atoms with van der Waals surface area (Å²) >= 11 is 0. The van der Waals surface area contributed by atoms with Gasteiger partial charge in [-0.1, -0.05) is 91.0 Å². The van der Waals surface area contributed by atoms with Crippen LogP contribution in [0, 0.1) is 11.3 Å². The third-order valence-corrected chi connectivity index (χ3v) is 7.42. The van der Waals surface area contributed by atoms with Gasteiger partial charge < -0.3 is 23.8 Å². The van der Waals surface area contributed by atoms with Crippen molar-refractivity contribution in [3.63, 3.8) is 0 Å². The molecule has 0 bridgehead atoms. The van der Waals surface area contributed by atoms with Crippen LogP contribution < -0.4 is 0 Å². The Morgan fingerprint density at radius 3 is 1.82 bits per heavy atom. The van der Waals surface area contributed by atoms with E-state index < -0.39 is 35.3 Å². The van der Waals surface area contributed by atoms with E-state index in [1.54, 1.807) is 6.20 Å². The van der Waals surface area contributed by atoms with Crippen molar-refractivity contribution in [2.75, 3.05) is 20.7 Å². The van der Waals surface area contributed by atoms with Crippen LogP contribution in [0.4, 0.5) is 0 Å². The maximum absolute atomic E-state index is 10.0. The van der Waals surface area contributed by atoms with Crippen LogP contribution in [0.15, 0.2) is 103 Å². The van der Waals surface area contributed by atoms with E-state index in [2.05, 4.69) is 42.5 Å². The molecule has 5 rings (SSSR count). The van der Waals surface area contributed by atoms with Gasteiger partial charge in [0.1, 0.15) is 29.5 Å². The Labute approximate surface area is 231 Å². The molecule has 0 amide bonds. The zero-order valence-electron chi connectivity index (χ0n) is 23.2. The summed E-state index contributed by atoms with van der Waals surface area (Å²) in [6, 6.07) is 33.1. The van der Waals surface area contributed by atoms with E-state index in [4.69, 9.17) is 18.9 Å². The second-order valence-corrected chi connectivity index (χ2v) is 11.0. The zero-order chi connectivity index (χ0) is 27.7. The summed E-state index contributed by atoms with van der Waals surface area (Å²) in [6.07, 6.45) is 0.269. The first kappa shape index (κ1) is 27.1. The van der Waals surface area contributed by atoms with E-state index in [9.17, 15) is 5.26 Å². The van der Waals surface area contributed by atoms with Gasteiger partial charge in [-0.15, -0.1) is 0 Å². The molecule has 3 aromatic rings. The number of fused-ring (bicyclic) bond motifs is 1. The highest BCUT2D eigenvalue weighted by atomic mass is 16.8. The summed E-state index contributed by atoms with van der Waals surface area (Å²) in [6.45, 7) is 5.98. The molecular weight excluding hydrogens is 488 g/mol. The van der Waals surface area contributed by atoms with E-state index in [1.807, 2.05) is 94.4 Å². The molecule has 2 saturated heterocycles. The van der Waals surface area contributed by atoms with E-state index in [-0.39, 0.29) is 6.61 Å². The SMILES string of the molecule is CN(C)/C=C(\C#N)C1O[C@H](COC(c2ccccc2)(c2ccccc2)c2ccccc2)[C@H]2OC(C)(C)O[C@@]12C. The fourth-order valence-corrected chi connectivity index (χ4v) is 5.98. The van der Waals surface area contributed by atoms with Gasteiger partial charge in [-0.25, -0.2) is 0 Å². The minimum atomic E-state index is -0.895. The van der Waals surface area contributed by atoms with E-state index >= 15 is 0 Å². The van der Waals surface area contributed by atoms with Crippen LogP contribution in [0.25, 0.3) is 0 Å². The molecule has 2 aliphatic rings. The third-order valence-electron chi connectivity index (χ3n) is 7.42. The van der Waals surface area contributed by atoms with Gasteiger partial charge in [-0.3, -0.25) is 0 Å². The first-order chi connectivity index (χ1) is 18.7. The van der Waals surface area contributed by atoms with Gasteiger partial charge in [-0.2, -0.15) is 5.26 Å². The molecule has 0 N–H and O–H groups in total. The normalized spacial score (nSPS) is 26.2. The average molecular weight is 525 g/mol. The monoisotopic (exact) mass is 524 g/mol. The van der Waals surface area contributed by atoms with Crippen molar-refractivity contribution >= 4 is 0 Å². The van der Waals surface area contributed by atoms with Crippen LogP contribution in [-0.2, 0) is 24.5 Å². The van der Waals surface area contributed by atoms with Gasteiger partial charge in [0.2, 0.25) is 0 Å². The van der Waals surface area contributed by atoms with Gasteiger partial charge in [0.05, 0.1) is 18.2 Å². The molecule has 6 heteroatoms. The molecule has 202 valence electrons.